The third kappa shape index (κ3) is 7.32. The summed E-state index contributed by atoms with van der Waals surface area (Å²) in [5, 5.41) is 17.3. The summed E-state index contributed by atoms with van der Waals surface area (Å²) in [6, 6.07) is 11.1. The van der Waals surface area contributed by atoms with Crippen LogP contribution in [-0.4, -0.2) is 71.4 Å². The Morgan fingerprint density at radius 3 is 2.15 bits per heavy atom. The number of hydrogen-bond donors (Lipinski definition) is 3. The van der Waals surface area contributed by atoms with Gasteiger partial charge in [-0.05, 0) is 54.6 Å². The van der Waals surface area contributed by atoms with Crippen molar-refractivity contribution in [2.75, 3.05) is 25.3 Å². The van der Waals surface area contributed by atoms with E-state index in [1.165, 1.54) is 17.0 Å². The van der Waals surface area contributed by atoms with Crippen molar-refractivity contribution in [1.29, 1.82) is 0 Å². The minimum absolute atomic E-state index is 0.0105. The van der Waals surface area contributed by atoms with E-state index in [9.17, 15) is 31.2 Å². The lowest BCUT2D eigenvalue weighted by atomic mass is 10.0. The van der Waals surface area contributed by atoms with Gasteiger partial charge in [-0.2, -0.15) is 13.2 Å². The Bertz CT molecular complexity index is 1520. The molecule has 212 valence electrons. The van der Waals surface area contributed by atoms with Crippen LogP contribution in [-0.2, 0) is 26.0 Å². The highest BCUT2D eigenvalue weighted by Gasteiger charge is 2.43. The van der Waals surface area contributed by atoms with Crippen LogP contribution in [0.2, 0.25) is 0 Å². The molecule has 0 aliphatic carbocycles. The number of hydrogen-bond acceptors (Lipinski definition) is 8. The predicted octanol–water partition coefficient (Wildman–Crippen LogP) is 2.46. The Morgan fingerprint density at radius 2 is 1.69 bits per heavy atom. The highest BCUT2D eigenvalue weighted by molar-refractivity contribution is 7.92. The minimum Gasteiger partial charge on any atom is -0.475 e. The summed E-state index contributed by atoms with van der Waals surface area (Å²) >= 11 is 0. The van der Waals surface area contributed by atoms with Gasteiger partial charge in [0.25, 0.3) is 11.5 Å². The molecule has 2 heterocycles. The molecule has 1 amide bonds. The fourth-order valence-corrected chi connectivity index (χ4v) is 4.23. The number of benzene rings is 1. The first kappa shape index (κ1) is 31.2. The van der Waals surface area contributed by atoms with Gasteiger partial charge in [-0.1, -0.05) is 6.07 Å². The number of rotatable bonds is 7. The molecular weight excluding hydrogens is 545 g/mol. The van der Waals surface area contributed by atoms with Gasteiger partial charge < -0.3 is 14.6 Å². The van der Waals surface area contributed by atoms with E-state index in [0.717, 1.165) is 28.6 Å². The molecule has 3 N–H and O–H groups in total. The molecule has 0 bridgehead atoms. The molecule has 0 saturated heterocycles. The summed E-state index contributed by atoms with van der Waals surface area (Å²) < 4.78 is 55.5. The number of nitrogens with one attached hydrogen (secondary N) is 1. The van der Waals surface area contributed by atoms with Gasteiger partial charge in [0.1, 0.15) is 5.82 Å². The van der Waals surface area contributed by atoms with Crippen LogP contribution in [0.25, 0.3) is 21.9 Å². The number of pyridine rings is 2. The van der Waals surface area contributed by atoms with Crippen molar-refractivity contribution in [3.63, 3.8) is 0 Å². The number of carbonyl (C=O) groups is 2. The second kappa shape index (κ2) is 11.8. The van der Waals surface area contributed by atoms with Crippen LogP contribution >= 0.6 is 0 Å². The van der Waals surface area contributed by atoms with Crippen LogP contribution in [0.15, 0.2) is 53.6 Å². The van der Waals surface area contributed by atoms with Gasteiger partial charge in [-0.25, -0.2) is 23.7 Å². The number of sulfone groups is 1. The quantitative estimate of drug-likeness (QED) is 0.286. The van der Waals surface area contributed by atoms with Crippen LogP contribution < -0.4 is 15.9 Å². The number of halogens is 3. The molecule has 39 heavy (non-hydrogen) atoms. The topological polar surface area (TPSA) is 159 Å². The number of fused-ring (bicyclic) bond motifs is 1. The van der Waals surface area contributed by atoms with E-state index in [1.807, 2.05) is 43.3 Å². The zero-order chi connectivity index (χ0) is 29.8. The van der Waals surface area contributed by atoms with Crippen LogP contribution in [0.1, 0.15) is 13.3 Å². The zero-order valence-corrected chi connectivity index (χ0v) is 22.2. The van der Waals surface area contributed by atoms with Gasteiger partial charge in [0, 0.05) is 50.2 Å². The van der Waals surface area contributed by atoms with Crippen molar-refractivity contribution in [2.45, 2.75) is 30.8 Å². The normalized spacial score (nSPS) is 13.1. The number of anilines is 1. The van der Waals surface area contributed by atoms with Gasteiger partial charge in [0.2, 0.25) is 0 Å². The SMILES string of the molecule is CN(C)c1ccc(-c2ccc3c(=O)n(CC[C@](C)(C(=O)NO)S(C)(=O)=O)ccc3c2)cn1.O=C(O)C(F)(F)F. The van der Waals surface area contributed by atoms with E-state index in [0.29, 0.717) is 5.39 Å². The molecule has 1 aromatic carbocycles. The van der Waals surface area contributed by atoms with E-state index in [1.54, 1.807) is 24.5 Å². The van der Waals surface area contributed by atoms with Crippen LogP contribution in [0.5, 0.6) is 0 Å². The summed E-state index contributed by atoms with van der Waals surface area (Å²) in [6.07, 6.45) is -0.990. The van der Waals surface area contributed by atoms with Crippen molar-refractivity contribution in [3.05, 3.63) is 59.1 Å². The van der Waals surface area contributed by atoms with Crippen LogP contribution in [0, 0.1) is 0 Å². The van der Waals surface area contributed by atoms with Crippen molar-refractivity contribution in [2.24, 2.45) is 0 Å². The minimum atomic E-state index is -5.08. The molecule has 0 spiro atoms. The first-order chi connectivity index (χ1) is 17.9. The molecule has 3 aromatic rings. The third-order valence-electron chi connectivity index (χ3n) is 5.99. The number of aryl methyl sites for hydroxylation is 1. The highest BCUT2D eigenvalue weighted by atomic mass is 32.2. The second-order valence-corrected chi connectivity index (χ2v) is 11.4. The van der Waals surface area contributed by atoms with Crippen molar-refractivity contribution in [1.82, 2.24) is 15.0 Å². The smallest absolute Gasteiger partial charge is 0.475 e. The van der Waals surface area contributed by atoms with E-state index in [-0.39, 0.29) is 18.5 Å². The standard InChI is InChI=1S/C22H26N4O5S.C2HF3O2/c1-22(21(28)24-29,32(4,30)31)10-12-26-11-9-16-13-15(5-7-18(16)20(26)27)17-6-8-19(23-14-17)25(2)3;3-2(4,5)1(6)7/h5-9,11,13-14,29H,10,12H2,1-4H3,(H,24,28);(H,6,7)/t22-;/m1./s1. The zero-order valence-electron chi connectivity index (χ0n) is 21.4. The average molecular weight is 573 g/mol. The number of aliphatic carboxylic acids is 1. The highest BCUT2D eigenvalue weighted by Crippen LogP contribution is 2.25. The molecule has 1 atom stereocenters. The molecule has 0 fully saturated rings. The van der Waals surface area contributed by atoms with E-state index < -0.39 is 32.6 Å². The Kier molecular flexibility index (Phi) is 9.47. The summed E-state index contributed by atoms with van der Waals surface area (Å²) in [7, 11) is -0.0135. The molecule has 0 saturated carbocycles. The van der Waals surface area contributed by atoms with Crippen LogP contribution in [0.3, 0.4) is 0 Å². The summed E-state index contributed by atoms with van der Waals surface area (Å²) in [4.78, 5) is 40.2. The predicted molar refractivity (Wildman–Crippen MR) is 137 cm³/mol. The Morgan fingerprint density at radius 1 is 1.10 bits per heavy atom. The van der Waals surface area contributed by atoms with Crippen LogP contribution in [0.4, 0.5) is 19.0 Å². The number of aromatic nitrogens is 2. The maximum absolute atomic E-state index is 12.9. The lowest BCUT2D eigenvalue weighted by Crippen LogP contribution is -2.49. The van der Waals surface area contributed by atoms with E-state index in [4.69, 9.17) is 15.1 Å². The molecule has 0 aliphatic heterocycles. The lowest BCUT2D eigenvalue weighted by Gasteiger charge is -2.25. The fourth-order valence-electron chi connectivity index (χ4n) is 3.38. The molecule has 11 nitrogen and oxygen atoms in total. The first-order valence-corrected chi connectivity index (χ1v) is 13.0. The number of carboxylic acid groups (broad SMARTS) is 1. The van der Waals surface area contributed by atoms with E-state index in [2.05, 4.69) is 4.98 Å². The monoisotopic (exact) mass is 572 g/mol. The summed E-state index contributed by atoms with van der Waals surface area (Å²) in [5.41, 5.74) is 2.95. The maximum atomic E-state index is 12.9. The number of alkyl halides is 3. The van der Waals surface area contributed by atoms with Gasteiger partial charge in [0.15, 0.2) is 14.6 Å². The molecule has 0 unspecified atom stereocenters. The molecule has 0 radical (unpaired) electrons. The Hall–Kier alpha value is -3.98. The lowest BCUT2D eigenvalue weighted by molar-refractivity contribution is -0.192. The van der Waals surface area contributed by atoms with Crippen molar-refractivity contribution >= 4 is 38.3 Å². The second-order valence-electron chi connectivity index (χ2n) is 8.91. The van der Waals surface area contributed by atoms with Crippen molar-refractivity contribution in [3.8, 4) is 11.1 Å². The summed E-state index contributed by atoms with van der Waals surface area (Å²) in [6.45, 7) is 1.21. The summed E-state index contributed by atoms with van der Waals surface area (Å²) in [5.74, 6) is -2.95. The maximum Gasteiger partial charge on any atom is 0.490 e. The van der Waals surface area contributed by atoms with Gasteiger partial charge in [-0.3, -0.25) is 14.8 Å². The van der Waals surface area contributed by atoms with Gasteiger partial charge in [-0.15, -0.1) is 0 Å². The largest absolute Gasteiger partial charge is 0.490 e. The first-order valence-electron chi connectivity index (χ1n) is 11.1. The average Bonchev–Trinajstić information content (AvgIpc) is 2.86. The number of carbonyl (C=O) groups excluding carboxylic acids is 1. The molecule has 15 heteroatoms. The Balaban J connectivity index is 0.000000673. The number of hydroxylamine groups is 1. The van der Waals surface area contributed by atoms with Crippen molar-refractivity contribution < 1.29 is 41.5 Å². The Labute approximate surface area is 221 Å². The number of carboxylic acids is 1. The number of amides is 1. The van der Waals surface area contributed by atoms with Gasteiger partial charge in [0.05, 0.1) is 0 Å². The fraction of sp³-hybridized carbons (Fsp3) is 0.333. The molecule has 2 aromatic heterocycles. The molecular formula is C24H27F3N4O7S. The van der Waals surface area contributed by atoms with Gasteiger partial charge >= 0.3 is 12.1 Å². The molecule has 0 aliphatic rings. The van der Waals surface area contributed by atoms with E-state index >= 15 is 0 Å². The third-order valence-corrected chi connectivity index (χ3v) is 8.02. The number of nitrogens with zero attached hydrogens (tertiary/aromatic N) is 3. The molecule has 3 rings (SSSR count).